The van der Waals surface area contributed by atoms with Crippen LogP contribution in [0.1, 0.15) is 5.56 Å². The number of allylic oxidation sites excluding steroid dienone is 1. The van der Waals surface area contributed by atoms with Crippen LogP contribution in [0.25, 0.3) is 4.91 Å². The lowest BCUT2D eigenvalue weighted by Gasteiger charge is -2.33. The van der Waals surface area contributed by atoms with Crippen LogP contribution in [0.3, 0.4) is 0 Å². The predicted molar refractivity (Wildman–Crippen MR) is 79.6 cm³/mol. The Hall–Kier alpha value is -1.00. The fraction of sp³-hybridized carbons (Fsp3) is 0.429. The lowest BCUT2D eigenvalue weighted by Crippen LogP contribution is -2.59. The van der Waals surface area contributed by atoms with Crippen molar-refractivity contribution in [1.82, 2.24) is 0 Å². The highest BCUT2D eigenvalue weighted by molar-refractivity contribution is 8.08. The highest BCUT2D eigenvalue weighted by atomic mass is 35.5. The first-order valence-electron chi connectivity index (χ1n) is 6.50. The lowest BCUT2D eigenvalue weighted by molar-refractivity contribution is -0.335. The summed E-state index contributed by atoms with van der Waals surface area (Å²) in [6.45, 7) is -0.521. The van der Waals surface area contributed by atoms with E-state index < -0.39 is 40.7 Å². The van der Waals surface area contributed by atoms with E-state index >= 15 is 0 Å². The van der Waals surface area contributed by atoms with E-state index in [1.807, 2.05) is 0 Å². The van der Waals surface area contributed by atoms with E-state index in [4.69, 9.17) is 5.11 Å². The third kappa shape index (κ3) is 4.59. The molecule has 0 fully saturated rings. The summed E-state index contributed by atoms with van der Waals surface area (Å²) in [5.74, 6) is -18.8. The van der Waals surface area contributed by atoms with Crippen molar-refractivity contribution < 1.29 is 40.2 Å². The first-order valence-corrected chi connectivity index (χ1v) is 7.86. The van der Waals surface area contributed by atoms with Gasteiger partial charge >= 0.3 is 23.1 Å². The summed E-state index contributed by atoms with van der Waals surface area (Å²) < 4.78 is 106. The van der Waals surface area contributed by atoms with Crippen LogP contribution >= 0.6 is 23.4 Å². The molecule has 0 atom stereocenters. The summed E-state index contributed by atoms with van der Waals surface area (Å²) in [5.41, 5.74) is -0.0441. The van der Waals surface area contributed by atoms with Crippen molar-refractivity contribution in [2.75, 3.05) is 12.4 Å². The summed E-state index contributed by atoms with van der Waals surface area (Å²) in [6.07, 6.45) is -0.529. The Morgan fingerprint density at radius 3 is 1.92 bits per heavy atom. The van der Waals surface area contributed by atoms with Crippen LogP contribution in [0.15, 0.2) is 36.4 Å². The Kier molecular flexibility index (Phi) is 6.80. The van der Waals surface area contributed by atoms with Crippen LogP contribution in [0.2, 0.25) is 0 Å². The van der Waals surface area contributed by atoms with Crippen LogP contribution in [-0.2, 0) is 0 Å². The Bertz CT molecular complexity index is 601. The van der Waals surface area contributed by atoms with Crippen LogP contribution in [-0.4, -0.2) is 40.6 Å². The average Bonchev–Trinajstić information content (AvgIpc) is 2.50. The number of thioether (sulfide) groups is 1. The van der Waals surface area contributed by atoms with E-state index in [0.29, 0.717) is 11.8 Å². The summed E-state index contributed by atoms with van der Waals surface area (Å²) in [5, 5.41) is 2.85. The first-order chi connectivity index (χ1) is 11.3. The standard InChI is InChI=1S/C14H11ClF8OS/c15-14(22,23)13(20,21)12(18,19)11(16,17)8-10(25-7-6-24)9-4-2-1-3-5-9/h1-5,8,24H,6-7H2/b10-8+. The van der Waals surface area contributed by atoms with Crippen molar-refractivity contribution in [3.63, 3.8) is 0 Å². The molecule has 0 unspecified atom stereocenters. The third-order valence-corrected chi connectivity index (χ3v) is 4.18. The van der Waals surface area contributed by atoms with Gasteiger partial charge in [0.15, 0.2) is 0 Å². The quantitative estimate of drug-likeness (QED) is 0.448. The van der Waals surface area contributed by atoms with Crippen molar-refractivity contribution in [1.29, 1.82) is 0 Å². The van der Waals surface area contributed by atoms with E-state index in [0.717, 1.165) is 0 Å². The van der Waals surface area contributed by atoms with Gasteiger partial charge in [0, 0.05) is 16.7 Å². The maximum absolute atomic E-state index is 13.8. The molecule has 0 amide bonds. The second-order valence-corrected chi connectivity index (χ2v) is 6.33. The number of alkyl halides is 9. The van der Waals surface area contributed by atoms with Gasteiger partial charge in [0.05, 0.1) is 6.61 Å². The monoisotopic (exact) mass is 414 g/mol. The largest absolute Gasteiger partial charge is 0.396 e. The highest BCUT2D eigenvalue weighted by Crippen LogP contribution is 2.55. The first kappa shape index (κ1) is 22.0. The van der Waals surface area contributed by atoms with E-state index in [9.17, 15) is 35.1 Å². The highest BCUT2D eigenvalue weighted by Gasteiger charge is 2.79. The molecule has 0 radical (unpaired) electrons. The van der Waals surface area contributed by atoms with Crippen molar-refractivity contribution in [3.05, 3.63) is 42.0 Å². The van der Waals surface area contributed by atoms with Gasteiger partial charge in [-0.05, 0) is 17.2 Å². The summed E-state index contributed by atoms with van der Waals surface area (Å²) >= 11 is 4.37. The molecule has 1 N–H and O–H groups in total. The van der Waals surface area contributed by atoms with Gasteiger partial charge in [0.2, 0.25) is 0 Å². The molecule has 11 heteroatoms. The Morgan fingerprint density at radius 2 is 1.48 bits per heavy atom. The minimum Gasteiger partial charge on any atom is -0.396 e. The second-order valence-electron chi connectivity index (χ2n) is 4.72. The van der Waals surface area contributed by atoms with Gasteiger partial charge in [-0.1, -0.05) is 30.3 Å². The number of benzene rings is 1. The van der Waals surface area contributed by atoms with Crippen LogP contribution in [0.4, 0.5) is 35.1 Å². The molecule has 0 spiro atoms. The minimum atomic E-state index is -6.51. The molecule has 1 nitrogen and oxygen atoms in total. The van der Waals surface area contributed by atoms with Crippen LogP contribution < -0.4 is 0 Å². The molecule has 0 saturated carbocycles. The summed E-state index contributed by atoms with van der Waals surface area (Å²) in [4.78, 5) is -0.590. The van der Waals surface area contributed by atoms with Crippen LogP contribution in [0.5, 0.6) is 0 Å². The zero-order valence-electron chi connectivity index (χ0n) is 12.1. The second kappa shape index (κ2) is 7.71. The molecule has 0 saturated heterocycles. The molecule has 1 rings (SSSR count). The SMILES string of the molecule is OCCS/C(=C/C(F)(F)C(F)(F)C(F)(F)C(F)(F)Cl)c1ccccc1. The van der Waals surface area contributed by atoms with Gasteiger partial charge < -0.3 is 5.11 Å². The molecule has 0 bridgehead atoms. The molecule has 0 aromatic heterocycles. The topological polar surface area (TPSA) is 20.2 Å². The summed E-state index contributed by atoms with van der Waals surface area (Å²) in [6, 6.07) is 6.64. The van der Waals surface area contributed by atoms with Crippen LogP contribution in [0, 0.1) is 0 Å². The average molecular weight is 415 g/mol. The fourth-order valence-corrected chi connectivity index (χ4v) is 2.57. The maximum atomic E-state index is 13.8. The molecule has 1 aromatic rings. The fourth-order valence-electron chi connectivity index (χ4n) is 1.61. The molecule has 0 aliphatic rings. The van der Waals surface area contributed by atoms with Crippen molar-refractivity contribution in [2.45, 2.75) is 23.1 Å². The number of hydrogen-bond acceptors (Lipinski definition) is 2. The maximum Gasteiger partial charge on any atom is 0.393 e. The number of halogens is 9. The Labute approximate surface area is 146 Å². The van der Waals surface area contributed by atoms with Gasteiger partial charge in [-0.2, -0.15) is 35.1 Å². The zero-order valence-corrected chi connectivity index (χ0v) is 13.7. The van der Waals surface area contributed by atoms with Crippen molar-refractivity contribution in [2.24, 2.45) is 0 Å². The van der Waals surface area contributed by atoms with Crippen molar-refractivity contribution in [3.8, 4) is 0 Å². The van der Waals surface area contributed by atoms with E-state index in [-0.39, 0.29) is 11.3 Å². The molecule has 0 aliphatic heterocycles. The summed E-state index contributed by atoms with van der Waals surface area (Å²) in [7, 11) is 0. The zero-order chi connectivity index (χ0) is 19.5. The van der Waals surface area contributed by atoms with Gasteiger partial charge in [-0.15, -0.1) is 11.8 Å². The molecular weight excluding hydrogens is 404 g/mol. The molecule has 0 aliphatic carbocycles. The van der Waals surface area contributed by atoms with Gasteiger partial charge in [-0.3, -0.25) is 0 Å². The number of hydrogen-bond donors (Lipinski definition) is 1. The number of rotatable bonds is 8. The Balaban J connectivity index is 3.38. The third-order valence-electron chi connectivity index (χ3n) is 2.89. The smallest absolute Gasteiger partial charge is 0.393 e. The normalized spacial score (nSPS) is 14.7. The molecular formula is C14H11ClF8OS. The minimum absolute atomic E-state index is 0.0441. The number of aliphatic hydroxyl groups is 1. The molecule has 25 heavy (non-hydrogen) atoms. The van der Waals surface area contributed by atoms with Gasteiger partial charge in [0.25, 0.3) is 0 Å². The van der Waals surface area contributed by atoms with E-state index in [1.54, 1.807) is 0 Å². The van der Waals surface area contributed by atoms with Gasteiger partial charge in [-0.25, -0.2) is 0 Å². The van der Waals surface area contributed by atoms with E-state index in [1.165, 1.54) is 30.3 Å². The van der Waals surface area contributed by atoms with E-state index in [2.05, 4.69) is 11.6 Å². The Morgan fingerprint density at radius 1 is 0.960 bits per heavy atom. The van der Waals surface area contributed by atoms with Gasteiger partial charge in [0.1, 0.15) is 0 Å². The molecule has 1 aromatic carbocycles. The number of aliphatic hydroxyl groups excluding tert-OH is 1. The molecule has 142 valence electrons. The molecule has 0 heterocycles. The van der Waals surface area contributed by atoms with Crippen molar-refractivity contribution >= 4 is 28.3 Å². The lowest BCUT2D eigenvalue weighted by atomic mass is 10.0. The predicted octanol–water partition coefficient (Wildman–Crippen LogP) is 5.49.